The van der Waals surface area contributed by atoms with Crippen molar-refractivity contribution >= 4 is 63.8 Å². The number of hydrogen-bond acceptors (Lipinski definition) is 2. The summed E-state index contributed by atoms with van der Waals surface area (Å²) in [5, 5.41) is 3.41. The molecule has 3 aromatic carbocycles. The first kappa shape index (κ1) is 24.0. The number of hydrogen-bond donors (Lipinski definition) is 1. The average Bonchev–Trinajstić information content (AvgIpc) is 3.32. The smallest absolute Gasteiger partial charge is 0.231 e. The number of benzene rings is 3. The van der Waals surface area contributed by atoms with Crippen LogP contribution in [0, 0.1) is 17.6 Å². The first-order chi connectivity index (χ1) is 15.6. The van der Waals surface area contributed by atoms with E-state index in [1.54, 1.807) is 18.2 Å². The van der Waals surface area contributed by atoms with Crippen molar-refractivity contribution in [3.63, 3.8) is 0 Å². The van der Waals surface area contributed by atoms with E-state index >= 15 is 0 Å². The van der Waals surface area contributed by atoms with Gasteiger partial charge < -0.3 is 5.32 Å². The summed E-state index contributed by atoms with van der Waals surface area (Å²) in [6.07, 6.45) is -0.124. The SMILES string of the molecule is O=C(Cc1ccc(F)cc1)c1cc(NC(=O)C2C(c3cc(Cl)cc(Cl)c3)C2(Cl)Cl)ccc1F. The van der Waals surface area contributed by atoms with Crippen LogP contribution in [0.2, 0.25) is 10.0 Å². The first-order valence-corrected chi connectivity index (χ1v) is 11.3. The van der Waals surface area contributed by atoms with Crippen LogP contribution in [0.1, 0.15) is 27.4 Å². The van der Waals surface area contributed by atoms with Gasteiger partial charge in [-0.25, -0.2) is 8.78 Å². The molecule has 0 radical (unpaired) electrons. The van der Waals surface area contributed by atoms with E-state index in [-0.39, 0.29) is 17.7 Å². The fourth-order valence-electron chi connectivity index (χ4n) is 3.74. The lowest BCUT2D eigenvalue weighted by Crippen LogP contribution is -2.18. The standard InChI is InChI=1S/C24H15Cl4F2NO2/c25-14-8-13(9-15(26)10-14)21-22(24(21,27)28)23(33)31-17-5-6-19(30)18(11-17)20(32)7-12-1-3-16(29)4-2-12/h1-6,8-11,21-22H,7H2,(H,31,33). The minimum atomic E-state index is -1.38. The zero-order chi connectivity index (χ0) is 23.9. The molecule has 4 rings (SSSR count). The Bertz CT molecular complexity index is 1230. The summed E-state index contributed by atoms with van der Waals surface area (Å²) in [5.41, 5.74) is 1.16. The van der Waals surface area contributed by atoms with Crippen LogP contribution in [0.15, 0.2) is 60.7 Å². The molecule has 1 fully saturated rings. The fraction of sp³-hybridized carbons (Fsp3) is 0.167. The Kier molecular flexibility index (Phi) is 6.70. The molecule has 1 amide bonds. The normalized spacial score (nSPS) is 18.6. The number of alkyl halides is 2. The maximum Gasteiger partial charge on any atom is 0.231 e. The van der Waals surface area contributed by atoms with Crippen molar-refractivity contribution in [2.75, 3.05) is 5.32 Å². The Morgan fingerprint density at radius 3 is 2.18 bits per heavy atom. The Morgan fingerprint density at radius 2 is 1.55 bits per heavy atom. The summed E-state index contributed by atoms with van der Waals surface area (Å²) in [7, 11) is 0. The topological polar surface area (TPSA) is 46.2 Å². The van der Waals surface area contributed by atoms with E-state index in [4.69, 9.17) is 46.4 Å². The van der Waals surface area contributed by atoms with Gasteiger partial charge in [-0.1, -0.05) is 35.3 Å². The van der Waals surface area contributed by atoms with Gasteiger partial charge in [0.15, 0.2) is 5.78 Å². The molecule has 2 atom stereocenters. The lowest BCUT2D eigenvalue weighted by atomic mass is 10.0. The van der Waals surface area contributed by atoms with Crippen LogP contribution in [-0.4, -0.2) is 16.0 Å². The van der Waals surface area contributed by atoms with Gasteiger partial charge in [-0.2, -0.15) is 0 Å². The van der Waals surface area contributed by atoms with E-state index in [0.717, 1.165) is 6.07 Å². The number of ketones is 1. The number of Topliss-reactive ketones (excluding diaryl/α,β-unsaturated/α-hetero) is 1. The van der Waals surface area contributed by atoms with E-state index in [9.17, 15) is 18.4 Å². The van der Waals surface area contributed by atoms with Crippen molar-refractivity contribution in [1.82, 2.24) is 0 Å². The van der Waals surface area contributed by atoms with Crippen molar-refractivity contribution in [3.05, 3.63) is 99.0 Å². The Morgan fingerprint density at radius 1 is 0.909 bits per heavy atom. The molecule has 3 aromatic rings. The molecule has 0 saturated heterocycles. The third kappa shape index (κ3) is 5.17. The number of carbonyl (C=O) groups is 2. The average molecular weight is 529 g/mol. The van der Waals surface area contributed by atoms with Crippen molar-refractivity contribution in [2.45, 2.75) is 16.7 Å². The van der Waals surface area contributed by atoms with E-state index in [1.807, 2.05) is 0 Å². The van der Waals surface area contributed by atoms with E-state index in [1.165, 1.54) is 36.4 Å². The largest absolute Gasteiger partial charge is 0.326 e. The number of carbonyl (C=O) groups excluding carboxylic acids is 2. The molecule has 1 aliphatic rings. The summed E-state index contributed by atoms with van der Waals surface area (Å²) in [6.45, 7) is 0. The zero-order valence-corrected chi connectivity index (χ0v) is 19.7. The number of amides is 1. The van der Waals surface area contributed by atoms with Crippen LogP contribution in [0.25, 0.3) is 0 Å². The van der Waals surface area contributed by atoms with Gasteiger partial charge in [-0.05, 0) is 59.7 Å². The minimum absolute atomic E-state index is 0.124. The lowest BCUT2D eigenvalue weighted by Gasteiger charge is -2.09. The highest BCUT2D eigenvalue weighted by Crippen LogP contribution is 2.65. The maximum absolute atomic E-state index is 14.3. The quantitative estimate of drug-likeness (QED) is 0.271. The van der Waals surface area contributed by atoms with Gasteiger partial charge in [0.1, 0.15) is 16.0 Å². The van der Waals surface area contributed by atoms with Crippen LogP contribution in [0.5, 0.6) is 0 Å². The van der Waals surface area contributed by atoms with Gasteiger partial charge in [0.05, 0.1) is 11.5 Å². The number of nitrogens with one attached hydrogen (secondary N) is 1. The van der Waals surface area contributed by atoms with Crippen molar-refractivity contribution in [3.8, 4) is 0 Å². The third-order valence-electron chi connectivity index (χ3n) is 5.39. The second kappa shape index (κ2) is 9.22. The second-order valence-electron chi connectivity index (χ2n) is 7.74. The minimum Gasteiger partial charge on any atom is -0.326 e. The van der Waals surface area contributed by atoms with Gasteiger partial charge in [-0.15, -0.1) is 23.2 Å². The van der Waals surface area contributed by atoms with Crippen molar-refractivity contribution < 1.29 is 18.4 Å². The van der Waals surface area contributed by atoms with Crippen molar-refractivity contribution in [2.24, 2.45) is 5.92 Å². The molecule has 0 aromatic heterocycles. The van der Waals surface area contributed by atoms with Gasteiger partial charge in [-0.3, -0.25) is 9.59 Å². The molecule has 170 valence electrons. The second-order valence-corrected chi connectivity index (χ2v) is 10.1. The lowest BCUT2D eigenvalue weighted by molar-refractivity contribution is -0.117. The van der Waals surface area contributed by atoms with Gasteiger partial charge in [0.25, 0.3) is 0 Å². The van der Waals surface area contributed by atoms with Crippen LogP contribution in [0.3, 0.4) is 0 Å². The summed E-state index contributed by atoms with van der Waals surface area (Å²) >= 11 is 24.8. The summed E-state index contributed by atoms with van der Waals surface area (Å²) in [5.74, 6) is -3.53. The summed E-state index contributed by atoms with van der Waals surface area (Å²) < 4.78 is 26.0. The van der Waals surface area contributed by atoms with E-state index < -0.39 is 39.5 Å². The highest BCUT2D eigenvalue weighted by atomic mass is 35.5. The van der Waals surface area contributed by atoms with Crippen LogP contribution < -0.4 is 5.32 Å². The Hall–Kier alpha value is -2.18. The molecule has 3 nitrogen and oxygen atoms in total. The molecule has 0 aliphatic heterocycles. The molecule has 2 unspecified atom stereocenters. The third-order valence-corrected chi connectivity index (χ3v) is 6.77. The van der Waals surface area contributed by atoms with Gasteiger partial charge in [0.2, 0.25) is 5.91 Å². The molecular weight excluding hydrogens is 514 g/mol. The van der Waals surface area contributed by atoms with Crippen molar-refractivity contribution in [1.29, 1.82) is 0 Å². The molecule has 9 heteroatoms. The predicted molar refractivity (Wildman–Crippen MR) is 127 cm³/mol. The maximum atomic E-state index is 14.3. The summed E-state index contributed by atoms with van der Waals surface area (Å²) in [4.78, 5) is 25.5. The molecule has 1 aliphatic carbocycles. The Balaban J connectivity index is 1.50. The predicted octanol–water partition coefficient (Wildman–Crippen LogP) is 7.22. The Labute approximate surface area is 208 Å². The van der Waals surface area contributed by atoms with Crippen LogP contribution in [-0.2, 0) is 11.2 Å². The number of anilines is 1. The molecule has 33 heavy (non-hydrogen) atoms. The number of halogens is 6. The molecular formula is C24H15Cl4F2NO2. The van der Waals surface area contributed by atoms with Gasteiger partial charge >= 0.3 is 0 Å². The van der Waals surface area contributed by atoms with Crippen LogP contribution in [0.4, 0.5) is 14.5 Å². The molecule has 0 spiro atoms. The van der Waals surface area contributed by atoms with E-state index in [2.05, 4.69) is 5.32 Å². The highest BCUT2D eigenvalue weighted by Gasteiger charge is 2.67. The van der Waals surface area contributed by atoms with E-state index in [0.29, 0.717) is 21.2 Å². The molecule has 0 bridgehead atoms. The highest BCUT2D eigenvalue weighted by molar-refractivity contribution is 6.53. The summed E-state index contributed by atoms with van der Waals surface area (Å²) in [6, 6.07) is 13.8. The molecule has 0 heterocycles. The molecule has 1 saturated carbocycles. The fourth-order valence-corrected chi connectivity index (χ4v) is 5.11. The first-order valence-electron chi connectivity index (χ1n) is 9.78. The van der Waals surface area contributed by atoms with Crippen LogP contribution >= 0.6 is 46.4 Å². The molecule has 1 N–H and O–H groups in total. The number of rotatable bonds is 6. The monoisotopic (exact) mass is 527 g/mol. The zero-order valence-electron chi connectivity index (χ0n) is 16.7. The van der Waals surface area contributed by atoms with Gasteiger partial charge in [0, 0.05) is 28.1 Å².